The molecule has 24 heavy (non-hydrogen) atoms. The molecule has 0 radical (unpaired) electrons. The summed E-state index contributed by atoms with van der Waals surface area (Å²) in [5.74, 6) is 0.168. The maximum absolute atomic E-state index is 12.0. The molecule has 0 bridgehead atoms. The largest absolute Gasteiger partial charge is 0.375 e. The summed E-state index contributed by atoms with van der Waals surface area (Å²) in [7, 11) is -6.50. The van der Waals surface area contributed by atoms with Crippen LogP contribution in [0.15, 0.2) is 12.0 Å². The second-order valence-electron chi connectivity index (χ2n) is 7.08. The van der Waals surface area contributed by atoms with Crippen LogP contribution in [0.3, 0.4) is 0 Å². The summed E-state index contributed by atoms with van der Waals surface area (Å²) < 4.78 is 52.5. The molecule has 0 unspecified atom stereocenters. The summed E-state index contributed by atoms with van der Waals surface area (Å²) in [5.41, 5.74) is -0.626. The zero-order valence-electron chi connectivity index (χ0n) is 15.6. The third kappa shape index (κ3) is 8.60. The fourth-order valence-electron chi connectivity index (χ4n) is 1.92. The van der Waals surface area contributed by atoms with Gasteiger partial charge in [0.1, 0.15) is 0 Å². The van der Waals surface area contributed by atoms with Gasteiger partial charge < -0.3 is 10.1 Å². The zero-order valence-corrected chi connectivity index (χ0v) is 17.2. The summed E-state index contributed by atoms with van der Waals surface area (Å²) in [4.78, 5) is 0. The summed E-state index contributed by atoms with van der Waals surface area (Å²) >= 11 is 0. The van der Waals surface area contributed by atoms with Gasteiger partial charge in [0, 0.05) is 18.6 Å². The van der Waals surface area contributed by atoms with E-state index in [1.165, 1.54) is 0 Å². The summed E-state index contributed by atoms with van der Waals surface area (Å²) in [6.07, 6.45) is 0.689. The quantitative estimate of drug-likeness (QED) is 0.489. The van der Waals surface area contributed by atoms with E-state index in [1.54, 1.807) is 13.8 Å². The first-order valence-electron chi connectivity index (χ1n) is 8.21. The van der Waals surface area contributed by atoms with E-state index in [1.807, 2.05) is 20.8 Å². The van der Waals surface area contributed by atoms with Gasteiger partial charge in [0.2, 0.25) is 0 Å². The molecule has 0 aliphatic rings. The Balaban J connectivity index is 4.44. The van der Waals surface area contributed by atoms with Crippen molar-refractivity contribution in [2.24, 2.45) is 0 Å². The highest BCUT2D eigenvalue weighted by atomic mass is 32.2. The fourth-order valence-corrected chi connectivity index (χ4v) is 4.20. The molecule has 0 saturated heterocycles. The first-order valence-corrected chi connectivity index (χ1v) is 11.6. The highest BCUT2D eigenvalue weighted by molar-refractivity contribution is 7.95. The molecule has 0 aliphatic heterocycles. The molecule has 6 nitrogen and oxygen atoms in total. The smallest absolute Gasteiger partial charge is 0.176 e. The van der Waals surface area contributed by atoms with Gasteiger partial charge in [0.25, 0.3) is 0 Å². The molecule has 0 aromatic rings. The Labute approximate surface area is 147 Å². The van der Waals surface area contributed by atoms with E-state index >= 15 is 0 Å². The third-order valence-corrected chi connectivity index (χ3v) is 7.88. The van der Waals surface area contributed by atoms with Gasteiger partial charge in [-0.1, -0.05) is 13.5 Å². The Morgan fingerprint density at radius 3 is 2.12 bits per heavy atom. The molecule has 8 heteroatoms. The minimum atomic E-state index is -3.38. The maximum Gasteiger partial charge on any atom is 0.176 e. The van der Waals surface area contributed by atoms with E-state index in [9.17, 15) is 16.8 Å². The molecule has 1 N–H and O–H groups in total. The van der Waals surface area contributed by atoms with Crippen LogP contribution in [0.25, 0.3) is 0 Å². The van der Waals surface area contributed by atoms with E-state index in [2.05, 4.69) is 11.9 Å². The molecule has 0 amide bonds. The van der Waals surface area contributed by atoms with Gasteiger partial charge in [-0.2, -0.15) is 0 Å². The summed E-state index contributed by atoms with van der Waals surface area (Å²) in [5, 5.41) is 3.96. The van der Waals surface area contributed by atoms with Crippen LogP contribution in [-0.2, 0) is 24.4 Å². The second-order valence-corrected chi connectivity index (χ2v) is 11.9. The van der Waals surface area contributed by atoms with Gasteiger partial charge >= 0.3 is 0 Å². The van der Waals surface area contributed by atoms with Crippen LogP contribution in [0.2, 0.25) is 0 Å². The van der Waals surface area contributed by atoms with Gasteiger partial charge in [-0.25, -0.2) is 16.8 Å². The molecule has 0 heterocycles. The van der Waals surface area contributed by atoms with E-state index in [-0.39, 0.29) is 18.1 Å². The van der Waals surface area contributed by atoms with Crippen LogP contribution in [0.4, 0.5) is 0 Å². The molecule has 0 rings (SSSR count). The SMILES string of the molecule is C=CS(=O)(=O)C(C)(C)CCOC(C)(C)CCS(=O)(=O)CCNCC. The molecule has 0 atom stereocenters. The highest BCUT2D eigenvalue weighted by Gasteiger charge is 2.32. The standard InChI is InChI=1S/C16H33NO5S2/c1-7-17-11-14-23(18,19)13-10-15(3,4)22-12-9-16(5,6)24(20,21)8-2/h8,17H,2,7,9-14H2,1,3-6H3. The molecule has 0 aliphatic carbocycles. The Morgan fingerprint density at radius 2 is 1.62 bits per heavy atom. The molecule has 144 valence electrons. The van der Waals surface area contributed by atoms with Crippen molar-refractivity contribution in [2.75, 3.05) is 31.2 Å². The number of hydrogen-bond acceptors (Lipinski definition) is 6. The highest BCUT2D eigenvalue weighted by Crippen LogP contribution is 2.24. The van der Waals surface area contributed by atoms with Gasteiger partial charge in [0.05, 0.1) is 21.9 Å². The van der Waals surface area contributed by atoms with Crippen molar-refractivity contribution < 1.29 is 21.6 Å². The Morgan fingerprint density at radius 1 is 1.04 bits per heavy atom. The van der Waals surface area contributed by atoms with Crippen molar-refractivity contribution >= 4 is 19.7 Å². The Kier molecular flexibility index (Phi) is 9.14. The van der Waals surface area contributed by atoms with E-state index < -0.39 is 30.0 Å². The van der Waals surface area contributed by atoms with Crippen molar-refractivity contribution in [3.05, 3.63) is 12.0 Å². The van der Waals surface area contributed by atoms with Crippen LogP contribution >= 0.6 is 0 Å². The van der Waals surface area contributed by atoms with Crippen LogP contribution in [-0.4, -0.2) is 58.4 Å². The lowest BCUT2D eigenvalue weighted by Gasteiger charge is -2.28. The van der Waals surface area contributed by atoms with E-state index in [0.29, 0.717) is 19.4 Å². The first-order chi connectivity index (χ1) is 10.8. The number of hydrogen-bond donors (Lipinski definition) is 1. The van der Waals surface area contributed by atoms with E-state index in [4.69, 9.17) is 4.74 Å². The number of sulfone groups is 2. The second kappa shape index (κ2) is 9.31. The predicted molar refractivity (Wildman–Crippen MR) is 99.7 cm³/mol. The van der Waals surface area contributed by atoms with Crippen molar-refractivity contribution in [1.29, 1.82) is 0 Å². The lowest BCUT2D eigenvalue weighted by molar-refractivity contribution is -0.0227. The molecule has 0 saturated carbocycles. The molecule has 0 aromatic carbocycles. The van der Waals surface area contributed by atoms with Crippen molar-refractivity contribution in [1.82, 2.24) is 5.32 Å². The van der Waals surface area contributed by atoms with Crippen molar-refractivity contribution in [3.63, 3.8) is 0 Å². The minimum Gasteiger partial charge on any atom is -0.375 e. The van der Waals surface area contributed by atoms with Crippen molar-refractivity contribution in [2.45, 2.75) is 57.8 Å². The van der Waals surface area contributed by atoms with Crippen LogP contribution in [0, 0.1) is 0 Å². The monoisotopic (exact) mass is 383 g/mol. The van der Waals surface area contributed by atoms with Gasteiger partial charge in [0.15, 0.2) is 19.7 Å². The third-order valence-electron chi connectivity index (χ3n) is 4.04. The lowest BCUT2D eigenvalue weighted by Crippen LogP contribution is -2.35. The van der Waals surface area contributed by atoms with Gasteiger partial charge in [-0.15, -0.1) is 0 Å². The molecule has 0 fully saturated rings. The van der Waals surface area contributed by atoms with Crippen LogP contribution in [0.5, 0.6) is 0 Å². The number of ether oxygens (including phenoxy) is 1. The normalized spacial score (nSPS) is 13.9. The molecular formula is C16H33NO5S2. The zero-order chi connectivity index (χ0) is 19.1. The average Bonchev–Trinajstić information content (AvgIpc) is 2.45. The first kappa shape index (κ1) is 23.6. The van der Waals surface area contributed by atoms with Crippen LogP contribution < -0.4 is 5.32 Å². The number of nitrogens with one attached hydrogen (secondary N) is 1. The van der Waals surface area contributed by atoms with Crippen LogP contribution in [0.1, 0.15) is 47.5 Å². The Bertz CT molecular complexity index is 592. The topological polar surface area (TPSA) is 89.5 Å². The minimum absolute atomic E-state index is 0.0553. The maximum atomic E-state index is 12.0. The lowest BCUT2D eigenvalue weighted by atomic mass is 10.1. The molecular weight excluding hydrogens is 350 g/mol. The number of rotatable bonds is 13. The Hall–Kier alpha value is -0.440. The predicted octanol–water partition coefficient (Wildman–Crippen LogP) is 1.92. The van der Waals surface area contributed by atoms with Gasteiger partial charge in [-0.05, 0) is 47.1 Å². The average molecular weight is 384 g/mol. The van der Waals surface area contributed by atoms with E-state index in [0.717, 1.165) is 12.0 Å². The summed E-state index contributed by atoms with van der Waals surface area (Å²) in [6, 6.07) is 0. The molecule has 0 spiro atoms. The summed E-state index contributed by atoms with van der Waals surface area (Å²) in [6.45, 7) is 13.6. The van der Waals surface area contributed by atoms with Crippen molar-refractivity contribution in [3.8, 4) is 0 Å². The fraction of sp³-hybridized carbons (Fsp3) is 0.875. The van der Waals surface area contributed by atoms with Gasteiger partial charge in [-0.3, -0.25) is 0 Å². The molecule has 0 aromatic heterocycles.